The number of benzene rings is 1. The van der Waals surface area contributed by atoms with E-state index >= 15 is 0 Å². The van der Waals surface area contributed by atoms with E-state index in [1.165, 1.54) is 18.3 Å². The average Bonchev–Trinajstić information content (AvgIpc) is 3.08. The van der Waals surface area contributed by atoms with Crippen molar-refractivity contribution in [3.8, 4) is 5.75 Å². The van der Waals surface area contributed by atoms with Gasteiger partial charge in [0.25, 0.3) is 0 Å². The third-order valence-corrected chi connectivity index (χ3v) is 6.49. The minimum atomic E-state index is -2.74. The first-order valence-corrected chi connectivity index (χ1v) is 10.2. The van der Waals surface area contributed by atoms with Crippen LogP contribution in [0.25, 0.3) is 10.9 Å². The predicted octanol–water partition coefficient (Wildman–Crippen LogP) is 4.64. The number of halogens is 3. The molecule has 2 aliphatic rings. The summed E-state index contributed by atoms with van der Waals surface area (Å²) in [6.07, 6.45) is 5.66. The molecule has 2 fully saturated rings. The number of nitrogens with zero attached hydrogens (tertiary/aromatic N) is 3. The van der Waals surface area contributed by atoms with Crippen LogP contribution >= 0.6 is 0 Å². The van der Waals surface area contributed by atoms with E-state index in [2.05, 4.69) is 15.4 Å². The molecule has 0 spiro atoms. The zero-order chi connectivity index (χ0) is 21.7. The van der Waals surface area contributed by atoms with Gasteiger partial charge >= 0.3 is 6.55 Å². The van der Waals surface area contributed by atoms with Gasteiger partial charge in [-0.2, -0.15) is 13.9 Å². The summed E-state index contributed by atoms with van der Waals surface area (Å²) in [5.41, 5.74) is 0.946. The molecule has 0 aliphatic heterocycles. The van der Waals surface area contributed by atoms with Crippen LogP contribution in [-0.4, -0.2) is 26.8 Å². The summed E-state index contributed by atoms with van der Waals surface area (Å²) < 4.78 is 45.6. The summed E-state index contributed by atoms with van der Waals surface area (Å²) in [5.74, 6) is 0.881. The molecule has 31 heavy (non-hydrogen) atoms. The maximum atomic E-state index is 13.6. The molecule has 5 rings (SSSR count). The minimum absolute atomic E-state index is 0.0136. The van der Waals surface area contributed by atoms with Crippen molar-refractivity contribution in [1.29, 1.82) is 0 Å². The molecule has 2 aromatic heterocycles. The standard InChI is InChI=1S/C22H21F3N4O2/c1-11(21(30)28-13-9-27-29(10-13)22(24)25)20-15-7-14(8-16(15)20)31-19-4-5-26-18-3-2-12(23)6-17(18)19/h2-6,9-11,14-16,20,22H,7-8H2,1H3,(H,28,30). The van der Waals surface area contributed by atoms with Crippen LogP contribution in [0.2, 0.25) is 0 Å². The highest BCUT2D eigenvalue weighted by Gasteiger charge is 2.59. The van der Waals surface area contributed by atoms with E-state index in [-0.39, 0.29) is 35.4 Å². The Hall–Kier alpha value is -3.10. The van der Waals surface area contributed by atoms with E-state index in [4.69, 9.17) is 4.74 Å². The second-order valence-electron chi connectivity index (χ2n) is 8.35. The van der Waals surface area contributed by atoms with Crippen molar-refractivity contribution in [3.63, 3.8) is 0 Å². The van der Waals surface area contributed by atoms with Gasteiger partial charge in [0, 0.05) is 17.5 Å². The molecule has 0 bridgehead atoms. The third kappa shape index (κ3) is 3.73. The van der Waals surface area contributed by atoms with Crippen molar-refractivity contribution in [3.05, 3.63) is 48.7 Å². The van der Waals surface area contributed by atoms with Crippen LogP contribution < -0.4 is 10.1 Å². The van der Waals surface area contributed by atoms with Gasteiger partial charge in [-0.15, -0.1) is 0 Å². The summed E-state index contributed by atoms with van der Waals surface area (Å²) in [5, 5.41) is 6.85. The molecule has 0 saturated heterocycles. The van der Waals surface area contributed by atoms with Crippen LogP contribution in [0, 0.1) is 29.5 Å². The highest BCUT2D eigenvalue weighted by molar-refractivity contribution is 5.92. The Bertz CT molecular complexity index is 1120. The van der Waals surface area contributed by atoms with Crippen molar-refractivity contribution in [2.24, 2.45) is 23.7 Å². The Morgan fingerprint density at radius 2 is 2.03 bits per heavy atom. The number of carbonyl (C=O) groups is 1. The van der Waals surface area contributed by atoms with Gasteiger partial charge in [0.05, 0.1) is 29.7 Å². The third-order valence-electron chi connectivity index (χ3n) is 6.49. The van der Waals surface area contributed by atoms with E-state index in [0.29, 0.717) is 33.2 Å². The molecule has 1 aromatic carbocycles. The van der Waals surface area contributed by atoms with Crippen LogP contribution in [0.1, 0.15) is 26.3 Å². The number of ether oxygens (including phenoxy) is 1. The maximum absolute atomic E-state index is 13.6. The monoisotopic (exact) mass is 430 g/mol. The first kappa shape index (κ1) is 19.8. The van der Waals surface area contributed by atoms with Gasteiger partial charge in [0.1, 0.15) is 11.6 Å². The number of hydrogen-bond acceptors (Lipinski definition) is 4. The number of rotatable bonds is 6. The summed E-state index contributed by atoms with van der Waals surface area (Å²) in [7, 11) is 0. The zero-order valence-corrected chi connectivity index (χ0v) is 16.7. The largest absolute Gasteiger partial charge is 0.490 e. The van der Waals surface area contributed by atoms with Crippen molar-refractivity contribution < 1.29 is 22.7 Å². The van der Waals surface area contributed by atoms with Crippen LogP contribution in [-0.2, 0) is 4.79 Å². The molecule has 1 amide bonds. The summed E-state index contributed by atoms with van der Waals surface area (Å²) in [6, 6.07) is 6.18. The summed E-state index contributed by atoms with van der Waals surface area (Å²) in [6.45, 7) is -0.873. The van der Waals surface area contributed by atoms with E-state index < -0.39 is 6.55 Å². The smallest absolute Gasteiger partial charge is 0.333 e. The molecule has 2 saturated carbocycles. The predicted molar refractivity (Wildman–Crippen MR) is 107 cm³/mol. The van der Waals surface area contributed by atoms with Crippen LogP contribution in [0.3, 0.4) is 0 Å². The van der Waals surface area contributed by atoms with Gasteiger partial charge in [-0.25, -0.2) is 9.07 Å². The lowest BCUT2D eigenvalue weighted by molar-refractivity contribution is -0.120. The molecule has 3 unspecified atom stereocenters. The number of amides is 1. The number of alkyl halides is 2. The number of nitrogens with one attached hydrogen (secondary N) is 1. The van der Waals surface area contributed by atoms with Gasteiger partial charge < -0.3 is 10.1 Å². The van der Waals surface area contributed by atoms with Gasteiger partial charge in [-0.1, -0.05) is 6.92 Å². The molecule has 3 aromatic rings. The molecule has 2 aliphatic carbocycles. The normalized spacial score (nSPS) is 25.5. The fourth-order valence-electron chi connectivity index (χ4n) is 5.00. The summed E-state index contributed by atoms with van der Waals surface area (Å²) in [4.78, 5) is 16.8. The van der Waals surface area contributed by atoms with Crippen molar-refractivity contribution in [2.75, 3.05) is 5.32 Å². The van der Waals surface area contributed by atoms with Crippen molar-refractivity contribution in [2.45, 2.75) is 32.4 Å². The van der Waals surface area contributed by atoms with E-state index in [9.17, 15) is 18.0 Å². The molecule has 0 radical (unpaired) electrons. The Morgan fingerprint density at radius 3 is 2.74 bits per heavy atom. The molecule has 6 nitrogen and oxygen atoms in total. The van der Waals surface area contributed by atoms with Crippen LogP contribution in [0.15, 0.2) is 42.9 Å². The highest BCUT2D eigenvalue weighted by atomic mass is 19.3. The number of aromatic nitrogens is 3. The number of hydrogen-bond donors (Lipinski definition) is 1. The quantitative estimate of drug-likeness (QED) is 0.619. The van der Waals surface area contributed by atoms with Gasteiger partial charge in [-0.3, -0.25) is 9.78 Å². The lowest BCUT2D eigenvalue weighted by Crippen LogP contribution is -2.25. The van der Waals surface area contributed by atoms with E-state index in [1.54, 1.807) is 18.3 Å². The molecule has 1 N–H and O–H groups in total. The number of fused-ring (bicyclic) bond motifs is 2. The molecule has 3 atom stereocenters. The zero-order valence-electron chi connectivity index (χ0n) is 16.7. The van der Waals surface area contributed by atoms with Crippen molar-refractivity contribution in [1.82, 2.24) is 14.8 Å². The Balaban J connectivity index is 1.18. The first-order chi connectivity index (χ1) is 14.9. The SMILES string of the molecule is CC(C(=O)Nc1cnn(C(F)F)c1)C1C2CC(Oc3ccnc4ccc(F)cc34)CC21. The lowest BCUT2D eigenvalue weighted by atomic mass is 9.97. The molecule has 9 heteroatoms. The average molecular weight is 430 g/mol. The maximum Gasteiger partial charge on any atom is 0.333 e. The van der Waals surface area contributed by atoms with Crippen LogP contribution in [0.5, 0.6) is 5.75 Å². The molecule has 162 valence electrons. The van der Waals surface area contributed by atoms with E-state index in [0.717, 1.165) is 19.0 Å². The fraction of sp³-hybridized carbons (Fsp3) is 0.409. The van der Waals surface area contributed by atoms with Gasteiger partial charge in [0.2, 0.25) is 5.91 Å². The second-order valence-corrected chi connectivity index (χ2v) is 8.35. The van der Waals surface area contributed by atoms with Gasteiger partial charge in [0.15, 0.2) is 0 Å². The van der Waals surface area contributed by atoms with E-state index in [1.807, 2.05) is 6.92 Å². The lowest BCUT2D eigenvalue weighted by Gasteiger charge is -2.20. The molecular weight excluding hydrogens is 409 g/mol. The van der Waals surface area contributed by atoms with Crippen LogP contribution in [0.4, 0.5) is 18.9 Å². The topological polar surface area (TPSA) is 69.0 Å². The highest BCUT2D eigenvalue weighted by Crippen LogP contribution is 2.61. The first-order valence-electron chi connectivity index (χ1n) is 10.2. The number of pyridine rings is 1. The minimum Gasteiger partial charge on any atom is -0.490 e. The van der Waals surface area contributed by atoms with Crippen molar-refractivity contribution >= 4 is 22.5 Å². The number of carbonyl (C=O) groups excluding carboxylic acids is 1. The Kier molecular flexibility index (Phi) is 4.83. The number of anilines is 1. The fourth-order valence-corrected chi connectivity index (χ4v) is 5.00. The van der Waals surface area contributed by atoms with Gasteiger partial charge in [-0.05, 0) is 54.9 Å². The second kappa shape index (κ2) is 7.55. The molecule has 2 heterocycles. The Labute approximate surface area is 176 Å². The Morgan fingerprint density at radius 1 is 1.26 bits per heavy atom. The molecular formula is C22H21F3N4O2. The summed E-state index contributed by atoms with van der Waals surface area (Å²) >= 11 is 0.